The topological polar surface area (TPSA) is 29.1 Å². The molecule has 1 heterocycles. The zero-order valence-electron chi connectivity index (χ0n) is 7.96. The van der Waals surface area contributed by atoms with Gasteiger partial charge in [0, 0.05) is 23.2 Å². The van der Waals surface area contributed by atoms with Crippen molar-refractivity contribution in [3.8, 4) is 0 Å². The van der Waals surface area contributed by atoms with Crippen LogP contribution in [0.5, 0.6) is 0 Å². The molecule has 0 aromatic carbocycles. The van der Waals surface area contributed by atoms with Crippen LogP contribution in [0.15, 0.2) is 17.5 Å². The molecule has 0 aliphatic carbocycles. The fourth-order valence-electron chi connectivity index (χ4n) is 1.15. The molecule has 0 spiro atoms. The summed E-state index contributed by atoms with van der Waals surface area (Å²) in [5.41, 5.74) is 0. The molecule has 0 unspecified atom stereocenters. The van der Waals surface area contributed by atoms with Gasteiger partial charge in [0.2, 0.25) is 5.91 Å². The van der Waals surface area contributed by atoms with Crippen LogP contribution in [0.1, 0.15) is 17.7 Å². The van der Waals surface area contributed by atoms with Crippen LogP contribution in [0.25, 0.3) is 0 Å². The molecule has 1 rings (SSSR count). The van der Waals surface area contributed by atoms with E-state index >= 15 is 0 Å². The first kappa shape index (κ1) is 11.7. The van der Waals surface area contributed by atoms with Crippen molar-refractivity contribution in [1.82, 2.24) is 5.32 Å². The Bertz CT molecular complexity index is 261. The van der Waals surface area contributed by atoms with Gasteiger partial charge in [-0.05, 0) is 24.3 Å². The van der Waals surface area contributed by atoms with Gasteiger partial charge in [-0.25, -0.2) is 0 Å². The number of carbonyl (C=O) groups is 1. The highest BCUT2D eigenvalue weighted by Crippen LogP contribution is 2.11. The van der Waals surface area contributed by atoms with Gasteiger partial charge >= 0.3 is 0 Å². The van der Waals surface area contributed by atoms with Gasteiger partial charge in [0.1, 0.15) is 0 Å². The average molecular weight is 276 g/mol. The summed E-state index contributed by atoms with van der Waals surface area (Å²) in [7, 11) is 0. The third-order valence-electron chi connectivity index (χ3n) is 1.82. The van der Waals surface area contributed by atoms with Crippen molar-refractivity contribution in [2.45, 2.75) is 19.3 Å². The molecule has 0 bridgehead atoms. The minimum Gasteiger partial charge on any atom is -0.355 e. The fourth-order valence-corrected chi connectivity index (χ4v) is 2.10. The lowest BCUT2D eigenvalue weighted by atomic mass is 10.2. The predicted molar refractivity (Wildman–Crippen MR) is 64.1 cm³/mol. The van der Waals surface area contributed by atoms with Gasteiger partial charge in [-0.3, -0.25) is 4.79 Å². The van der Waals surface area contributed by atoms with E-state index in [1.165, 1.54) is 4.88 Å². The van der Waals surface area contributed by atoms with Crippen LogP contribution in [-0.4, -0.2) is 17.8 Å². The number of carbonyl (C=O) groups excluding carboxylic acids is 1. The third kappa shape index (κ3) is 4.77. The molecule has 1 aromatic rings. The molecule has 0 fully saturated rings. The van der Waals surface area contributed by atoms with Gasteiger partial charge in [-0.15, -0.1) is 11.3 Å². The van der Waals surface area contributed by atoms with Crippen molar-refractivity contribution in [2.24, 2.45) is 0 Å². The number of alkyl halides is 1. The molecule has 0 saturated heterocycles. The molecule has 1 N–H and O–H groups in total. The lowest BCUT2D eigenvalue weighted by molar-refractivity contribution is -0.121. The highest BCUT2D eigenvalue weighted by Gasteiger charge is 2.00. The van der Waals surface area contributed by atoms with Crippen LogP contribution < -0.4 is 5.32 Å². The van der Waals surface area contributed by atoms with Crippen molar-refractivity contribution >= 4 is 33.2 Å². The normalized spacial score (nSPS) is 10.1. The second kappa shape index (κ2) is 7.01. The van der Waals surface area contributed by atoms with Crippen LogP contribution in [0, 0.1) is 0 Å². The van der Waals surface area contributed by atoms with Gasteiger partial charge in [0.15, 0.2) is 0 Å². The van der Waals surface area contributed by atoms with Gasteiger partial charge in [0.25, 0.3) is 0 Å². The quantitative estimate of drug-likeness (QED) is 0.795. The SMILES string of the molecule is O=C(CCCc1cccs1)NCCBr. The Morgan fingerprint density at radius 1 is 1.57 bits per heavy atom. The number of hydrogen-bond donors (Lipinski definition) is 1. The molecule has 0 aliphatic rings. The summed E-state index contributed by atoms with van der Waals surface area (Å²) in [5.74, 6) is 0.154. The third-order valence-corrected chi connectivity index (χ3v) is 3.16. The summed E-state index contributed by atoms with van der Waals surface area (Å²) in [5, 5.41) is 5.72. The van der Waals surface area contributed by atoms with E-state index < -0.39 is 0 Å². The summed E-state index contributed by atoms with van der Waals surface area (Å²) < 4.78 is 0. The predicted octanol–water partition coefficient (Wildman–Crippen LogP) is 2.58. The number of hydrogen-bond acceptors (Lipinski definition) is 2. The molecule has 14 heavy (non-hydrogen) atoms. The lowest BCUT2D eigenvalue weighted by Gasteiger charge is -2.01. The molecule has 4 heteroatoms. The van der Waals surface area contributed by atoms with E-state index in [0.29, 0.717) is 6.42 Å². The Morgan fingerprint density at radius 2 is 2.43 bits per heavy atom. The Balaban J connectivity index is 2.06. The van der Waals surface area contributed by atoms with Crippen LogP contribution in [0.2, 0.25) is 0 Å². The zero-order chi connectivity index (χ0) is 10.2. The minimum absolute atomic E-state index is 0.154. The zero-order valence-corrected chi connectivity index (χ0v) is 10.4. The highest BCUT2D eigenvalue weighted by molar-refractivity contribution is 9.09. The maximum atomic E-state index is 11.2. The number of rotatable bonds is 6. The second-order valence-electron chi connectivity index (χ2n) is 2.97. The smallest absolute Gasteiger partial charge is 0.220 e. The monoisotopic (exact) mass is 275 g/mol. The standard InChI is InChI=1S/C10H14BrNOS/c11-6-7-12-10(13)5-1-3-9-4-2-8-14-9/h2,4,8H,1,3,5-7H2,(H,12,13). The Labute approximate surface area is 96.8 Å². The van der Waals surface area contributed by atoms with Gasteiger partial charge < -0.3 is 5.32 Å². The lowest BCUT2D eigenvalue weighted by Crippen LogP contribution is -2.24. The average Bonchev–Trinajstić information content (AvgIpc) is 2.67. The molecule has 0 radical (unpaired) electrons. The van der Waals surface area contributed by atoms with Crippen molar-refractivity contribution in [2.75, 3.05) is 11.9 Å². The van der Waals surface area contributed by atoms with Crippen molar-refractivity contribution in [3.63, 3.8) is 0 Å². The van der Waals surface area contributed by atoms with Crippen LogP contribution in [0.4, 0.5) is 0 Å². The molecular weight excluding hydrogens is 262 g/mol. The van der Waals surface area contributed by atoms with Gasteiger partial charge in [0.05, 0.1) is 0 Å². The van der Waals surface area contributed by atoms with Gasteiger partial charge in [-0.2, -0.15) is 0 Å². The molecule has 2 nitrogen and oxygen atoms in total. The number of amides is 1. The largest absolute Gasteiger partial charge is 0.355 e. The molecular formula is C10H14BrNOS. The summed E-state index contributed by atoms with van der Waals surface area (Å²) in [6.07, 6.45) is 2.58. The summed E-state index contributed by atoms with van der Waals surface area (Å²) in [4.78, 5) is 12.6. The molecule has 0 aliphatic heterocycles. The van der Waals surface area contributed by atoms with Crippen LogP contribution >= 0.6 is 27.3 Å². The maximum absolute atomic E-state index is 11.2. The first-order chi connectivity index (χ1) is 6.83. The Hall–Kier alpha value is -0.350. The summed E-state index contributed by atoms with van der Waals surface area (Å²) in [6, 6.07) is 4.16. The molecule has 0 atom stereocenters. The van der Waals surface area contributed by atoms with E-state index in [-0.39, 0.29) is 5.91 Å². The first-order valence-corrected chi connectivity index (χ1v) is 6.68. The van der Waals surface area contributed by atoms with Gasteiger partial charge in [-0.1, -0.05) is 22.0 Å². The molecule has 1 amide bonds. The summed E-state index contributed by atoms with van der Waals surface area (Å²) in [6.45, 7) is 0.720. The number of thiophene rings is 1. The van der Waals surface area contributed by atoms with Crippen molar-refractivity contribution in [3.05, 3.63) is 22.4 Å². The second-order valence-corrected chi connectivity index (χ2v) is 4.80. The van der Waals surface area contributed by atoms with E-state index in [2.05, 4.69) is 32.7 Å². The van der Waals surface area contributed by atoms with E-state index in [0.717, 1.165) is 24.7 Å². The van der Waals surface area contributed by atoms with Crippen LogP contribution in [-0.2, 0) is 11.2 Å². The number of nitrogens with one attached hydrogen (secondary N) is 1. The number of aryl methyl sites for hydroxylation is 1. The Morgan fingerprint density at radius 3 is 3.07 bits per heavy atom. The van der Waals surface area contributed by atoms with Crippen molar-refractivity contribution < 1.29 is 4.79 Å². The highest BCUT2D eigenvalue weighted by atomic mass is 79.9. The molecule has 1 aromatic heterocycles. The maximum Gasteiger partial charge on any atom is 0.220 e. The Kier molecular flexibility index (Phi) is 5.87. The molecule has 0 saturated carbocycles. The van der Waals surface area contributed by atoms with E-state index in [9.17, 15) is 4.79 Å². The first-order valence-electron chi connectivity index (χ1n) is 4.68. The van der Waals surface area contributed by atoms with Crippen molar-refractivity contribution in [1.29, 1.82) is 0 Å². The van der Waals surface area contributed by atoms with E-state index in [4.69, 9.17) is 0 Å². The minimum atomic E-state index is 0.154. The molecule has 78 valence electrons. The fraction of sp³-hybridized carbons (Fsp3) is 0.500. The number of halogens is 1. The van der Waals surface area contributed by atoms with E-state index in [1.54, 1.807) is 11.3 Å². The van der Waals surface area contributed by atoms with Crippen LogP contribution in [0.3, 0.4) is 0 Å². The van der Waals surface area contributed by atoms with E-state index in [1.807, 2.05) is 6.07 Å². The summed E-state index contributed by atoms with van der Waals surface area (Å²) >= 11 is 5.02.